The summed E-state index contributed by atoms with van der Waals surface area (Å²) in [5.74, 6) is 0. The summed E-state index contributed by atoms with van der Waals surface area (Å²) in [6.45, 7) is 5.14. The van der Waals surface area contributed by atoms with Gasteiger partial charge in [-0.05, 0) is 38.0 Å². The van der Waals surface area contributed by atoms with Crippen LogP contribution in [0.15, 0.2) is 36.2 Å². The third-order valence-electron chi connectivity index (χ3n) is 2.78. The van der Waals surface area contributed by atoms with Crippen molar-refractivity contribution < 1.29 is 0 Å². The summed E-state index contributed by atoms with van der Waals surface area (Å²) in [6, 6.07) is 1.94. The Morgan fingerprint density at radius 2 is 2.38 bits per heavy atom. The average Bonchev–Trinajstić information content (AvgIpc) is 2.68. The Morgan fingerprint density at radius 1 is 1.56 bits per heavy atom. The summed E-state index contributed by atoms with van der Waals surface area (Å²) in [4.78, 5) is 6.39. The first kappa shape index (κ1) is 11.2. The molecule has 0 saturated heterocycles. The lowest BCUT2D eigenvalue weighted by molar-refractivity contribution is 0.944. The summed E-state index contributed by atoms with van der Waals surface area (Å²) in [7, 11) is 0. The van der Waals surface area contributed by atoms with E-state index in [4.69, 9.17) is 11.6 Å². The van der Waals surface area contributed by atoms with Crippen molar-refractivity contribution in [1.82, 2.24) is 4.98 Å². The lowest BCUT2D eigenvalue weighted by Crippen LogP contribution is -2.17. The molecule has 0 spiro atoms. The molecule has 0 aromatic carbocycles. The highest BCUT2D eigenvalue weighted by Gasteiger charge is 2.20. The molecule has 0 fully saturated rings. The van der Waals surface area contributed by atoms with Gasteiger partial charge in [-0.2, -0.15) is 0 Å². The highest BCUT2D eigenvalue weighted by Crippen LogP contribution is 2.31. The minimum absolute atomic E-state index is 0.560. The zero-order valence-corrected chi connectivity index (χ0v) is 10.3. The number of halogens is 1. The van der Waals surface area contributed by atoms with E-state index in [-0.39, 0.29) is 0 Å². The highest BCUT2D eigenvalue weighted by atomic mass is 35.5. The van der Waals surface area contributed by atoms with Crippen LogP contribution in [0.3, 0.4) is 0 Å². The second kappa shape index (κ2) is 4.71. The summed E-state index contributed by atoms with van der Waals surface area (Å²) in [5, 5.41) is 0.560. The van der Waals surface area contributed by atoms with Gasteiger partial charge >= 0.3 is 0 Å². The lowest BCUT2D eigenvalue weighted by Gasteiger charge is -2.19. The van der Waals surface area contributed by atoms with E-state index in [1.807, 2.05) is 25.3 Å². The number of pyridine rings is 1. The van der Waals surface area contributed by atoms with E-state index in [1.165, 1.54) is 16.9 Å². The van der Waals surface area contributed by atoms with E-state index in [0.717, 1.165) is 13.0 Å². The summed E-state index contributed by atoms with van der Waals surface area (Å²) in [6.07, 6.45) is 9.11. The molecule has 1 aromatic rings. The van der Waals surface area contributed by atoms with Gasteiger partial charge in [0.2, 0.25) is 0 Å². The van der Waals surface area contributed by atoms with Crippen LogP contribution in [0.4, 0.5) is 5.69 Å². The first-order chi connectivity index (χ1) is 7.72. The third kappa shape index (κ3) is 2.12. The fraction of sp³-hybridized carbons (Fsp3) is 0.308. The quantitative estimate of drug-likeness (QED) is 0.575. The van der Waals surface area contributed by atoms with Crippen molar-refractivity contribution in [3.8, 4) is 0 Å². The number of allylic oxidation sites excluding steroid dienone is 4. The van der Waals surface area contributed by atoms with Crippen LogP contribution < -0.4 is 4.90 Å². The number of nitrogens with zero attached hydrogens (tertiary/aromatic N) is 2. The van der Waals surface area contributed by atoms with Crippen LogP contribution in [0.1, 0.15) is 19.4 Å². The molecule has 2 nitrogen and oxygen atoms in total. The number of aromatic nitrogens is 1. The number of rotatable bonds is 2. The molecule has 1 aliphatic heterocycles. The van der Waals surface area contributed by atoms with Gasteiger partial charge in [0.1, 0.15) is 5.15 Å². The van der Waals surface area contributed by atoms with Crippen molar-refractivity contribution in [3.63, 3.8) is 0 Å². The molecule has 0 saturated carbocycles. The molecule has 0 radical (unpaired) electrons. The van der Waals surface area contributed by atoms with E-state index >= 15 is 0 Å². The maximum absolute atomic E-state index is 5.93. The predicted molar refractivity (Wildman–Crippen MR) is 68.9 cm³/mol. The van der Waals surface area contributed by atoms with Crippen LogP contribution in [0.2, 0.25) is 5.15 Å². The maximum atomic E-state index is 5.93. The molecule has 0 atom stereocenters. The van der Waals surface area contributed by atoms with Crippen molar-refractivity contribution in [2.45, 2.75) is 20.3 Å². The second-order valence-corrected chi connectivity index (χ2v) is 4.26. The monoisotopic (exact) mass is 234 g/mol. The van der Waals surface area contributed by atoms with Gasteiger partial charge < -0.3 is 4.90 Å². The fourth-order valence-corrected chi connectivity index (χ4v) is 2.09. The van der Waals surface area contributed by atoms with Crippen molar-refractivity contribution in [3.05, 3.63) is 46.9 Å². The Kier molecular flexibility index (Phi) is 3.30. The SMILES string of the molecule is C/C=C\C=C(/C)N1CCc2cnc(Cl)cc21. The molecule has 0 aliphatic carbocycles. The molecule has 0 amide bonds. The lowest BCUT2D eigenvalue weighted by atomic mass is 10.2. The molecule has 3 heteroatoms. The van der Waals surface area contributed by atoms with Crippen LogP contribution >= 0.6 is 11.6 Å². The van der Waals surface area contributed by atoms with Crippen LogP contribution in [0.25, 0.3) is 0 Å². The van der Waals surface area contributed by atoms with E-state index < -0.39 is 0 Å². The van der Waals surface area contributed by atoms with Crippen LogP contribution in [-0.4, -0.2) is 11.5 Å². The Balaban J connectivity index is 2.32. The number of hydrogen-bond acceptors (Lipinski definition) is 2. The first-order valence-corrected chi connectivity index (χ1v) is 5.81. The normalized spacial score (nSPS) is 15.9. The second-order valence-electron chi connectivity index (χ2n) is 3.87. The van der Waals surface area contributed by atoms with Crippen LogP contribution in [0.5, 0.6) is 0 Å². The van der Waals surface area contributed by atoms with Crippen LogP contribution in [0, 0.1) is 0 Å². The van der Waals surface area contributed by atoms with Gasteiger partial charge in [0.15, 0.2) is 0 Å². The number of hydrogen-bond donors (Lipinski definition) is 0. The number of fused-ring (bicyclic) bond motifs is 1. The van der Waals surface area contributed by atoms with Gasteiger partial charge in [0.05, 0.1) is 0 Å². The average molecular weight is 235 g/mol. The standard InChI is InChI=1S/C13H15ClN2/c1-3-4-5-10(2)16-7-6-11-9-15-13(14)8-12(11)16/h3-5,8-9H,6-7H2,1-2H3/b4-3-,10-5+. The van der Waals surface area contributed by atoms with Crippen molar-refractivity contribution >= 4 is 17.3 Å². The van der Waals surface area contributed by atoms with E-state index in [2.05, 4.69) is 29.0 Å². The van der Waals surface area contributed by atoms with Crippen molar-refractivity contribution in [1.29, 1.82) is 0 Å². The summed E-state index contributed by atoms with van der Waals surface area (Å²) in [5.41, 5.74) is 3.70. The zero-order valence-electron chi connectivity index (χ0n) is 9.57. The van der Waals surface area contributed by atoms with Crippen LogP contribution in [-0.2, 0) is 6.42 Å². The molecular weight excluding hydrogens is 220 g/mol. The van der Waals surface area contributed by atoms with Gasteiger partial charge in [0, 0.05) is 24.1 Å². The number of anilines is 1. The third-order valence-corrected chi connectivity index (χ3v) is 2.99. The molecule has 1 aliphatic rings. The molecule has 16 heavy (non-hydrogen) atoms. The maximum Gasteiger partial charge on any atom is 0.131 e. The Labute approximate surface area is 101 Å². The van der Waals surface area contributed by atoms with Crippen molar-refractivity contribution in [2.75, 3.05) is 11.4 Å². The molecule has 0 N–H and O–H groups in total. The molecule has 2 rings (SSSR count). The summed E-state index contributed by atoms with van der Waals surface area (Å²) >= 11 is 5.93. The van der Waals surface area contributed by atoms with E-state index in [1.54, 1.807) is 0 Å². The Hall–Kier alpha value is -1.28. The van der Waals surface area contributed by atoms with E-state index in [0.29, 0.717) is 5.15 Å². The topological polar surface area (TPSA) is 16.1 Å². The minimum Gasteiger partial charge on any atom is -0.345 e. The first-order valence-electron chi connectivity index (χ1n) is 5.44. The Morgan fingerprint density at radius 3 is 3.12 bits per heavy atom. The molecular formula is C13H15ClN2. The van der Waals surface area contributed by atoms with Crippen molar-refractivity contribution in [2.24, 2.45) is 0 Å². The minimum atomic E-state index is 0.560. The van der Waals surface area contributed by atoms with Gasteiger partial charge in [-0.3, -0.25) is 0 Å². The molecule has 0 bridgehead atoms. The predicted octanol–water partition coefficient (Wildman–Crippen LogP) is 3.58. The molecule has 84 valence electrons. The highest BCUT2D eigenvalue weighted by molar-refractivity contribution is 6.29. The van der Waals surface area contributed by atoms with E-state index in [9.17, 15) is 0 Å². The summed E-state index contributed by atoms with van der Waals surface area (Å²) < 4.78 is 0. The molecule has 1 aromatic heterocycles. The fourth-order valence-electron chi connectivity index (χ4n) is 1.94. The van der Waals surface area contributed by atoms with Gasteiger partial charge in [-0.1, -0.05) is 23.8 Å². The largest absolute Gasteiger partial charge is 0.345 e. The Bertz CT molecular complexity index is 449. The van der Waals surface area contributed by atoms with Gasteiger partial charge in [0.25, 0.3) is 0 Å². The van der Waals surface area contributed by atoms with Gasteiger partial charge in [-0.25, -0.2) is 4.98 Å². The molecule has 2 heterocycles. The molecule has 0 unspecified atom stereocenters. The smallest absolute Gasteiger partial charge is 0.131 e. The zero-order chi connectivity index (χ0) is 11.5. The van der Waals surface area contributed by atoms with Gasteiger partial charge in [-0.15, -0.1) is 0 Å².